The lowest BCUT2D eigenvalue weighted by Crippen LogP contribution is -2.08. The van der Waals surface area contributed by atoms with Crippen molar-refractivity contribution in [1.82, 2.24) is 4.98 Å². The maximum atomic E-state index is 12.6. The average Bonchev–Trinajstić information content (AvgIpc) is 2.40. The van der Waals surface area contributed by atoms with E-state index in [2.05, 4.69) is 4.98 Å². The predicted octanol–water partition coefficient (Wildman–Crippen LogP) is 3.30. The topological polar surface area (TPSA) is 56.0 Å². The van der Waals surface area contributed by atoms with Gasteiger partial charge in [-0.25, -0.2) is 0 Å². The molecule has 21 heavy (non-hydrogen) atoms. The number of halogens is 3. The van der Waals surface area contributed by atoms with E-state index < -0.39 is 22.5 Å². The van der Waals surface area contributed by atoms with Gasteiger partial charge in [-0.2, -0.15) is 13.2 Å². The smallest absolute Gasteiger partial charge is 0.398 e. The SMILES string of the molecule is Cc1cccnc1CS(=O)c1ccc(C(F)(F)F)cc1N. The number of benzene rings is 1. The molecule has 2 rings (SSSR count). The Hall–Kier alpha value is -1.89. The Bertz CT molecular complexity index is 686. The molecule has 0 spiro atoms. The third-order valence-corrected chi connectivity index (χ3v) is 4.37. The molecule has 0 aliphatic heterocycles. The molecule has 1 atom stereocenters. The van der Waals surface area contributed by atoms with Gasteiger partial charge in [-0.05, 0) is 36.8 Å². The molecule has 1 unspecified atom stereocenters. The van der Waals surface area contributed by atoms with Crippen LogP contribution in [-0.4, -0.2) is 9.19 Å². The Morgan fingerprint density at radius 1 is 1.29 bits per heavy atom. The van der Waals surface area contributed by atoms with Crippen molar-refractivity contribution in [2.24, 2.45) is 0 Å². The van der Waals surface area contributed by atoms with Crippen LogP contribution in [0.1, 0.15) is 16.8 Å². The van der Waals surface area contributed by atoms with Crippen molar-refractivity contribution in [3.63, 3.8) is 0 Å². The average molecular weight is 314 g/mol. The molecule has 0 amide bonds. The largest absolute Gasteiger partial charge is 0.416 e. The first-order valence-electron chi connectivity index (χ1n) is 6.04. The molecule has 2 aromatic rings. The van der Waals surface area contributed by atoms with Gasteiger partial charge in [0.05, 0.1) is 32.7 Å². The summed E-state index contributed by atoms with van der Waals surface area (Å²) in [4.78, 5) is 4.30. The number of aromatic nitrogens is 1. The molecule has 0 aliphatic rings. The van der Waals surface area contributed by atoms with Crippen LogP contribution >= 0.6 is 0 Å². The summed E-state index contributed by atoms with van der Waals surface area (Å²) >= 11 is 0. The number of nitrogens with two attached hydrogens (primary N) is 1. The van der Waals surface area contributed by atoms with Gasteiger partial charge in [-0.15, -0.1) is 0 Å². The molecular weight excluding hydrogens is 301 g/mol. The number of aryl methyl sites for hydroxylation is 1. The number of nitrogen functional groups attached to an aromatic ring is 1. The molecule has 112 valence electrons. The second-order valence-electron chi connectivity index (χ2n) is 4.51. The van der Waals surface area contributed by atoms with Crippen LogP contribution in [0.3, 0.4) is 0 Å². The van der Waals surface area contributed by atoms with Crippen LogP contribution in [0.2, 0.25) is 0 Å². The molecule has 0 bridgehead atoms. The molecule has 1 heterocycles. The van der Waals surface area contributed by atoms with Gasteiger partial charge in [-0.1, -0.05) is 6.07 Å². The van der Waals surface area contributed by atoms with Crippen LogP contribution < -0.4 is 5.73 Å². The Morgan fingerprint density at radius 3 is 2.57 bits per heavy atom. The summed E-state index contributed by atoms with van der Waals surface area (Å²) in [6, 6.07) is 6.43. The lowest BCUT2D eigenvalue weighted by atomic mass is 10.2. The third-order valence-electron chi connectivity index (χ3n) is 2.97. The van der Waals surface area contributed by atoms with Crippen molar-refractivity contribution >= 4 is 16.5 Å². The highest BCUT2D eigenvalue weighted by Gasteiger charge is 2.31. The quantitative estimate of drug-likeness (QED) is 0.884. The molecule has 1 aromatic carbocycles. The normalized spacial score (nSPS) is 13.1. The summed E-state index contributed by atoms with van der Waals surface area (Å²) < 4.78 is 49.9. The number of alkyl halides is 3. The third kappa shape index (κ3) is 3.60. The van der Waals surface area contributed by atoms with E-state index in [4.69, 9.17) is 5.73 Å². The fraction of sp³-hybridized carbons (Fsp3) is 0.214. The molecule has 0 saturated heterocycles. The summed E-state index contributed by atoms with van der Waals surface area (Å²) in [5.74, 6) is 0.113. The van der Waals surface area contributed by atoms with Gasteiger partial charge in [0.15, 0.2) is 0 Å². The number of anilines is 1. The van der Waals surface area contributed by atoms with Crippen molar-refractivity contribution in [2.75, 3.05) is 5.73 Å². The van der Waals surface area contributed by atoms with E-state index >= 15 is 0 Å². The van der Waals surface area contributed by atoms with E-state index in [9.17, 15) is 17.4 Å². The second kappa shape index (κ2) is 5.85. The number of pyridine rings is 1. The van der Waals surface area contributed by atoms with Gasteiger partial charge < -0.3 is 5.73 Å². The maximum Gasteiger partial charge on any atom is 0.416 e. The monoisotopic (exact) mass is 314 g/mol. The van der Waals surface area contributed by atoms with Crippen LogP contribution in [0.15, 0.2) is 41.4 Å². The van der Waals surface area contributed by atoms with Gasteiger partial charge in [0.1, 0.15) is 0 Å². The molecule has 0 aliphatic carbocycles. The van der Waals surface area contributed by atoms with E-state index in [1.54, 1.807) is 12.3 Å². The fourth-order valence-electron chi connectivity index (χ4n) is 1.80. The van der Waals surface area contributed by atoms with E-state index in [1.807, 2.05) is 13.0 Å². The summed E-state index contributed by atoms with van der Waals surface area (Å²) in [6.07, 6.45) is -2.89. The van der Waals surface area contributed by atoms with Crippen LogP contribution in [0.5, 0.6) is 0 Å². The molecule has 0 radical (unpaired) electrons. The summed E-state index contributed by atoms with van der Waals surface area (Å²) in [6.45, 7) is 1.83. The zero-order valence-electron chi connectivity index (χ0n) is 11.1. The first kappa shape index (κ1) is 15.5. The van der Waals surface area contributed by atoms with Crippen molar-refractivity contribution in [1.29, 1.82) is 0 Å². The molecule has 0 saturated carbocycles. The molecule has 1 aromatic heterocycles. The Labute approximate surface area is 122 Å². The molecule has 7 heteroatoms. The minimum absolute atomic E-state index is 0.113. The summed E-state index contributed by atoms with van der Waals surface area (Å²) in [7, 11) is -1.55. The first-order chi connectivity index (χ1) is 9.79. The minimum atomic E-state index is -4.47. The Kier molecular flexibility index (Phi) is 4.32. The summed E-state index contributed by atoms with van der Waals surface area (Å²) in [5, 5.41) is 0. The summed E-state index contributed by atoms with van der Waals surface area (Å²) in [5.41, 5.74) is 6.12. The standard InChI is InChI=1S/C14H13F3N2OS/c1-9-3-2-6-19-12(9)8-21(20)13-5-4-10(7-11(13)18)14(15,16)17/h2-7H,8,18H2,1H3. The van der Waals surface area contributed by atoms with Gasteiger partial charge in [0.25, 0.3) is 0 Å². The molecule has 2 N–H and O–H groups in total. The van der Waals surface area contributed by atoms with Gasteiger partial charge in [0, 0.05) is 11.9 Å². The van der Waals surface area contributed by atoms with Crippen molar-refractivity contribution in [3.8, 4) is 0 Å². The highest BCUT2D eigenvalue weighted by Crippen LogP contribution is 2.32. The van der Waals surface area contributed by atoms with E-state index in [-0.39, 0.29) is 16.3 Å². The van der Waals surface area contributed by atoms with Crippen LogP contribution in [-0.2, 0) is 22.7 Å². The minimum Gasteiger partial charge on any atom is -0.398 e. The Balaban J connectivity index is 2.26. The zero-order valence-corrected chi connectivity index (χ0v) is 12.0. The lowest BCUT2D eigenvalue weighted by Gasteiger charge is -2.11. The van der Waals surface area contributed by atoms with Crippen LogP contribution in [0, 0.1) is 6.92 Å². The second-order valence-corrected chi connectivity index (χ2v) is 5.93. The number of hydrogen-bond acceptors (Lipinski definition) is 3. The van der Waals surface area contributed by atoms with E-state index in [0.29, 0.717) is 5.69 Å². The molecule has 3 nitrogen and oxygen atoms in total. The lowest BCUT2D eigenvalue weighted by molar-refractivity contribution is -0.137. The van der Waals surface area contributed by atoms with Crippen LogP contribution in [0.4, 0.5) is 18.9 Å². The highest BCUT2D eigenvalue weighted by atomic mass is 32.2. The number of hydrogen-bond donors (Lipinski definition) is 1. The van der Waals surface area contributed by atoms with Crippen molar-refractivity contribution < 1.29 is 17.4 Å². The zero-order chi connectivity index (χ0) is 15.6. The molecule has 0 fully saturated rings. The van der Waals surface area contributed by atoms with Crippen molar-refractivity contribution in [2.45, 2.75) is 23.7 Å². The number of nitrogens with zero attached hydrogens (tertiary/aromatic N) is 1. The van der Waals surface area contributed by atoms with E-state index in [0.717, 1.165) is 23.8 Å². The number of rotatable bonds is 3. The van der Waals surface area contributed by atoms with Crippen molar-refractivity contribution in [3.05, 3.63) is 53.3 Å². The van der Waals surface area contributed by atoms with Gasteiger partial charge in [0.2, 0.25) is 0 Å². The first-order valence-corrected chi connectivity index (χ1v) is 7.36. The van der Waals surface area contributed by atoms with Gasteiger partial charge >= 0.3 is 6.18 Å². The Morgan fingerprint density at radius 2 is 2.00 bits per heavy atom. The van der Waals surface area contributed by atoms with E-state index in [1.165, 1.54) is 0 Å². The predicted molar refractivity (Wildman–Crippen MR) is 74.9 cm³/mol. The fourth-order valence-corrected chi connectivity index (χ4v) is 3.05. The van der Waals surface area contributed by atoms with Crippen LogP contribution in [0.25, 0.3) is 0 Å². The maximum absolute atomic E-state index is 12.6. The molecular formula is C14H13F3N2OS. The van der Waals surface area contributed by atoms with Gasteiger partial charge in [-0.3, -0.25) is 9.19 Å². The highest BCUT2D eigenvalue weighted by molar-refractivity contribution is 7.84.